The molecule has 3 aliphatic rings. The van der Waals surface area contributed by atoms with Gasteiger partial charge in [0.1, 0.15) is 11.9 Å². The predicted molar refractivity (Wildman–Crippen MR) is 123 cm³/mol. The Morgan fingerprint density at radius 3 is 2.24 bits per heavy atom. The summed E-state index contributed by atoms with van der Waals surface area (Å²) in [6, 6.07) is 4.57. The van der Waals surface area contributed by atoms with Gasteiger partial charge in [-0.15, -0.1) is 0 Å². The van der Waals surface area contributed by atoms with Crippen LogP contribution in [0.1, 0.15) is 46.0 Å². The van der Waals surface area contributed by atoms with Crippen molar-refractivity contribution in [2.24, 2.45) is 23.7 Å². The smallest absolute Gasteiger partial charge is 0.245 e. The molecule has 3 unspecified atom stereocenters. The molecule has 33 heavy (non-hydrogen) atoms. The molecule has 3 atom stereocenters. The summed E-state index contributed by atoms with van der Waals surface area (Å²) in [5, 5.41) is 2.83. The second-order valence-corrected chi connectivity index (χ2v) is 9.65. The number of amides is 4. The van der Waals surface area contributed by atoms with Gasteiger partial charge in [-0.2, -0.15) is 0 Å². The van der Waals surface area contributed by atoms with Crippen LogP contribution in [0, 0.1) is 23.7 Å². The zero-order valence-corrected chi connectivity index (χ0v) is 19.3. The fourth-order valence-corrected chi connectivity index (χ4v) is 5.13. The first kappa shape index (κ1) is 23.1. The lowest BCUT2D eigenvalue weighted by Crippen LogP contribution is -2.54. The molecule has 0 radical (unpaired) electrons. The van der Waals surface area contributed by atoms with Crippen molar-refractivity contribution in [3.8, 4) is 0 Å². The van der Waals surface area contributed by atoms with Crippen molar-refractivity contribution < 1.29 is 19.2 Å². The van der Waals surface area contributed by atoms with E-state index in [1.165, 1.54) is 4.90 Å². The van der Waals surface area contributed by atoms with Crippen molar-refractivity contribution in [2.45, 2.75) is 52.0 Å². The number of hydrogen-bond acceptors (Lipinski definition) is 5. The first-order valence-corrected chi connectivity index (χ1v) is 11.9. The van der Waals surface area contributed by atoms with Crippen LogP contribution in [0.2, 0.25) is 0 Å². The third-order valence-corrected chi connectivity index (χ3v) is 6.93. The maximum atomic E-state index is 13.5. The number of nitrogens with zero attached hydrogens (tertiary/aromatic N) is 3. The molecule has 0 bridgehead atoms. The lowest BCUT2D eigenvalue weighted by molar-refractivity contribution is -0.153. The molecule has 1 aromatic rings. The number of aromatic nitrogens is 1. The minimum atomic E-state index is -0.769. The average molecular weight is 453 g/mol. The van der Waals surface area contributed by atoms with E-state index in [9.17, 15) is 19.2 Å². The molecule has 1 aliphatic carbocycles. The van der Waals surface area contributed by atoms with Gasteiger partial charge in [0.2, 0.25) is 23.6 Å². The molecule has 0 saturated carbocycles. The Kier molecular flexibility index (Phi) is 6.91. The summed E-state index contributed by atoms with van der Waals surface area (Å²) in [6.07, 6.45) is 8.18. The molecule has 8 heteroatoms. The number of piperidine rings is 1. The summed E-state index contributed by atoms with van der Waals surface area (Å²) >= 11 is 0. The van der Waals surface area contributed by atoms with Crippen LogP contribution in [0.3, 0.4) is 0 Å². The Morgan fingerprint density at radius 1 is 1.06 bits per heavy atom. The Balaban J connectivity index is 1.41. The standard InChI is InChI=1S/C25H32N4O4/c1-16(2)15-20(29-23(31)18-7-3-4-8-19(18)24(29)32)25(33)28-13-10-17(11-14-28)22(30)27-21-9-5-6-12-26-21/h3-6,9,12,16-20H,7-8,10-11,13-15H2,1-2H3,(H,26,27,30). The van der Waals surface area contributed by atoms with Gasteiger partial charge in [-0.1, -0.05) is 32.1 Å². The van der Waals surface area contributed by atoms with Gasteiger partial charge in [0.05, 0.1) is 11.8 Å². The van der Waals surface area contributed by atoms with Gasteiger partial charge < -0.3 is 10.2 Å². The van der Waals surface area contributed by atoms with Crippen LogP contribution in [0.25, 0.3) is 0 Å². The Bertz CT molecular complexity index is 911. The topological polar surface area (TPSA) is 99.7 Å². The number of rotatable bonds is 6. The van der Waals surface area contributed by atoms with Crippen molar-refractivity contribution in [1.82, 2.24) is 14.8 Å². The van der Waals surface area contributed by atoms with Crippen LogP contribution in [-0.2, 0) is 19.2 Å². The molecule has 2 saturated heterocycles. The van der Waals surface area contributed by atoms with Crippen LogP contribution in [-0.4, -0.2) is 57.5 Å². The number of hydrogen-bond donors (Lipinski definition) is 1. The Morgan fingerprint density at radius 2 is 1.70 bits per heavy atom. The highest BCUT2D eigenvalue weighted by Gasteiger charge is 2.51. The van der Waals surface area contributed by atoms with Crippen molar-refractivity contribution in [3.05, 3.63) is 36.5 Å². The zero-order valence-electron chi connectivity index (χ0n) is 19.3. The number of fused-ring (bicyclic) bond motifs is 1. The van der Waals surface area contributed by atoms with E-state index in [0.717, 1.165) is 0 Å². The lowest BCUT2D eigenvalue weighted by atomic mass is 9.85. The summed E-state index contributed by atoms with van der Waals surface area (Å²) in [4.78, 5) is 59.5. The number of allylic oxidation sites excluding steroid dienone is 2. The molecule has 2 aliphatic heterocycles. The van der Waals surface area contributed by atoms with Crippen LogP contribution < -0.4 is 5.32 Å². The van der Waals surface area contributed by atoms with E-state index < -0.39 is 6.04 Å². The van der Waals surface area contributed by atoms with Gasteiger partial charge in [-0.25, -0.2) is 4.98 Å². The van der Waals surface area contributed by atoms with E-state index in [0.29, 0.717) is 51.0 Å². The van der Waals surface area contributed by atoms with Crippen molar-refractivity contribution in [1.29, 1.82) is 0 Å². The SMILES string of the molecule is CC(C)CC(C(=O)N1CCC(C(=O)Nc2ccccn2)CC1)N1C(=O)C2CC=CCC2C1=O. The first-order valence-electron chi connectivity index (χ1n) is 11.9. The number of carbonyl (C=O) groups excluding carboxylic acids is 4. The Hall–Kier alpha value is -3.03. The van der Waals surface area contributed by atoms with Gasteiger partial charge in [0.25, 0.3) is 0 Å². The molecular formula is C25H32N4O4. The van der Waals surface area contributed by atoms with Gasteiger partial charge in [-0.05, 0) is 50.2 Å². The summed E-state index contributed by atoms with van der Waals surface area (Å²) in [6.45, 7) is 4.85. The van der Waals surface area contributed by atoms with Crippen molar-refractivity contribution in [3.63, 3.8) is 0 Å². The fraction of sp³-hybridized carbons (Fsp3) is 0.560. The van der Waals surface area contributed by atoms with Crippen LogP contribution in [0.5, 0.6) is 0 Å². The number of imide groups is 1. The molecular weight excluding hydrogens is 420 g/mol. The molecule has 0 spiro atoms. The Labute approximate surface area is 194 Å². The van der Waals surface area contributed by atoms with E-state index in [1.807, 2.05) is 32.1 Å². The van der Waals surface area contributed by atoms with E-state index in [-0.39, 0.29) is 47.3 Å². The minimum absolute atomic E-state index is 0.0963. The van der Waals surface area contributed by atoms with Crippen molar-refractivity contribution >= 4 is 29.4 Å². The van der Waals surface area contributed by atoms with E-state index in [1.54, 1.807) is 23.2 Å². The van der Waals surface area contributed by atoms with E-state index in [2.05, 4.69) is 10.3 Å². The molecule has 4 amide bonds. The van der Waals surface area contributed by atoms with Gasteiger partial charge in [0, 0.05) is 25.2 Å². The molecule has 4 rings (SSSR count). The quantitative estimate of drug-likeness (QED) is 0.528. The summed E-state index contributed by atoms with van der Waals surface area (Å²) in [5.41, 5.74) is 0. The summed E-state index contributed by atoms with van der Waals surface area (Å²) in [5.74, 6) is -0.917. The third-order valence-electron chi connectivity index (χ3n) is 6.93. The molecule has 1 N–H and O–H groups in total. The second kappa shape index (κ2) is 9.85. The summed E-state index contributed by atoms with van der Waals surface area (Å²) in [7, 11) is 0. The second-order valence-electron chi connectivity index (χ2n) is 9.65. The molecule has 8 nitrogen and oxygen atoms in total. The van der Waals surface area contributed by atoms with Gasteiger partial charge in [0.15, 0.2) is 0 Å². The van der Waals surface area contributed by atoms with E-state index >= 15 is 0 Å². The fourth-order valence-electron chi connectivity index (χ4n) is 5.13. The van der Waals surface area contributed by atoms with Crippen LogP contribution in [0.15, 0.2) is 36.5 Å². The third kappa shape index (κ3) is 4.84. The van der Waals surface area contributed by atoms with Crippen LogP contribution >= 0.6 is 0 Å². The molecule has 1 aromatic heterocycles. The van der Waals surface area contributed by atoms with E-state index in [4.69, 9.17) is 0 Å². The highest BCUT2D eigenvalue weighted by atomic mass is 16.2. The largest absolute Gasteiger partial charge is 0.341 e. The predicted octanol–water partition coefficient (Wildman–Crippen LogP) is 2.62. The highest BCUT2D eigenvalue weighted by Crippen LogP contribution is 2.37. The van der Waals surface area contributed by atoms with Crippen molar-refractivity contribution in [2.75, 3.05) is 18.4 Å². The lowest BCUT2D eigenvalue weighted by Gasteiger charge is -2.36. The minimum Gasteiger partial charge on any atom is -0.341 e. The molecule has 2 fully saturated rings. The molecule has 3 heterocycles. The molecule has 0 aromatic carbocycles. The number of carbonyl (C=O) groups is 4. The number of pyridine rings is 1. The maximum Gasteiger partial charge on any atom is 0.245 e. The number of likely N-dealkylation sites (tertiary alicyclic amines) is 2. The zero-order chi connectivity index (χ0) is 23.5. The molecule has 176 valence electrons. The summed E-state index contributed by atoms with van der Waals surface area (Å²) < 4.78 is 0. The monoisotopic (exact) mass is 452 g/mol. The normalized spacial score (nSPS) is 24.2. The maximum absolute atomic E-state index is 13.5. The first-order chi connectivity index (χ1) is 15.9. The number of anilines is 1. The average Bonchev–Trinajstić information content (AvgIpc) is 3.08. The van der Waals surface area contributed by atoms with Gasteiger partial charge >= 0.3 is 0 Å². The van der Waals surface area contributed by atoms with Gasteiger partial charge in [-0.3, -0.25) is 24.1 Å². The number of nitrogens with one attached hydrogen (secondary N) is 1. The van der Waals surface area contributed by atoms with Crippen LogP contribution in [0.4, 0.5) is 5.82 Å². The highest BCUT2D eigenvalue weighted by molar-refractivity contribution is 6.08.